The molecule has 0 aromatic heterocycles. The molecule has 94 valence electrons. The minimum atomic E-state index is -0.0974. The summed E-state index contributed by atoms with van der Waals surface area (Å²) in [6.07, 6.45) is 3.94. The number of rotatable bonds is 4. The summed E-state index contributed by atoms with van der Waals surface area (Å²) in [4.78, 5) is 2.43. The topological polar surface area (TPSA) is 3.24 Å². The summed E-state index contributed by atoms with van der Waals surface area (Å²) >= 11 is 12.8. The van der Waals surface area contributed by atoms with E-state index in [0.29, 0.717) is 0 Å². The summed E-state index contributed by atoms with van der Waals surface area (Å²) in [5, 5.41) is -0.114. The highest BCUT2D eigenvalue weighted by Gasteiger charge is 2.22. The van der Waals surface area contributed by atoms with Gasteiger partial charge in [-0.25, -0.2) is 0 Å². The van der Waals surface area contributed by atoms with Gasteiger partial charge in [-0.2, -0.15) is 0 Å². The quantitative estimate of drug-likeness (QED) is 0.747. The van der Waals surface area contributed by atoms with Crippen LogP contribution in [0.4, 0.5) is 0 Å². The van der Waals surface area contributed by atoms with Crippen LogP contribution in [0.5, 0.6) is 0 Å². The monoisotopic (exact) mass is 271 g/mol. The van der Waals surface area contributed by atoms with Crippen LogP contribution in [0.2, 0.25) is 0 Å². The third kappa shape index (κ3) is 3.87. The molecule has 1 nitrogen and oxygen atoms in total. The van der Waals surface area contributed by atoms with E-state index in [4.69, 9.17) is 23.2 Å². The highest BCUT2D eigenvalue weighted by atomic mass is 35.5. The van der Waals surface area contributed by atoms with Gasteiger partial charge in [0.2, 0.25) is 0 Å². The van der Waals surface area contributed by atoms with Gasteiger partial charge in [-0.1, -0.05) is 36.8 Å². The van der Waals surface area contributed by atoms with Gasteiger partial charge in [0, 0.05) is 6.54 Å². The van der Waals surface area contributed by atoms with Crippen LogP contribution >= 0.6 is 23.2 Å². The van der Waals surface area contributed by atoms with Crippen LogP contribution < -0.4 is 0 Å². The number of piperidine rings is 1. The molecule has 0 saturated carbocycles. The smallest absolute Gasteiger partial charge is 0.0761 e. The van der Waals surface area contributed by atoms with Gasteiger partial charge in [0.05, 0.1) is 10.8 Å². The number of hydrogen-bond donors (Lipinski definition) is 0. The van der Waals surface area contributed by atoms with Crippen molar-refractivity contribution in [3.8, 4) is 0 Å². The van der Waals surface area contributed by atoms with Crippen molar-refractivity contribution in [2.75, 3.05) is 19.6 Å². The lowest BCUT2D eigenvalue weighted by Crippen LogP contribution is -2.35. The predicted octanol–water partition coefficient (Wildman–Crippen LogP) is 4.06. The largest absolute Gasteiger partial charge is 0.302 e. The first kappa shape index (κ1) is 13.2. The Morgan fingerprint density at radius 2 is 1.65 bits per heavy atom. The summed E-state index contributed by atoms with van der Waals surface area (Å²) in [6, 6.07) is 10.1. The van der Waals surface area contributed by atoms with Crippen LogP contribution in [0.25, 0.3) is 0 Å². The number of nitrogens with zero attached hydrogens (tertiary/aromatic N) is 1. The maximum atomic E-state index is 6.43. The minimum absolute atomic E-state index is 0.0165. The van der Waals surface area contributed by atoms with E-state index in [1.54, 1.807) is 0 Å². The van der Waals surface area contributed by atoms with Gasteiger partial charge >= 0.3 is 0 Å². The van der Waals surface area contributed by atoms with Crippen molar-refractivity contribution in [3.05, 3.63) is 35.9 Å². The predicted molar refractivity (Wildman–Crippen MR) is 75.0 cm³/mol. The van der Waals surface area contributed by atoms with E-state index in [2.05, 4.69) is 4.90 Å². The first-order valence-electron chi connectivity index (χ1n) is 6.33. The third-order valence-corrected chi connectivity index (χ3v) is 4.39. The van der Waals surface area contributed by atoms with E-state index in [9.17, 15) is 0 Å². The average molecular weight is 272 g/mol. The zero-order valence-electron chi connectivity index (χ0n) is 9.99. The Kier molecular flexibility index (Phi) is 5.15. The average Bonchev–Trinajstić information content (AvgIpc) is 2.40. The van der Waals surface area contributed by atoms with Crippen LogP contribution in [0.1, 0.15) is 30.2 Å². The molecule has 1 aliphatic heterocycles. The second-order valence-electron chi connectivity index (χ2n) is 4.69. The van der Waals surface area contributed by atoms with Gasteiger partial charge in [-0.15, -0.1) is 23.2 Å². The zero-order valence-corrected chi connectivity index (χ0v) is 11.5. The molecule has 3 heteroatoms. The highest BCUT2D eigenvalue weighted by Crippen LogP contribution is 2.28. The first-order valence-corrected chi connectivity index (χ1v) is 7.20. The molecule has 0 spiro atoms. The number of alkyl halides is 2. The van der Waals surface area contributed by atoms with Crippen molar-refractivity contribution < 1.29 is 0 Å². The number of halogens is 2. The van der Waals surface area contributed by atoms with E-state index in [1.807, 2.05) is 30.3 Å². The molecule has 17 heavy (non-hydrogen) atoms. The fraction of sp³-hybridized carbons (Fsp3) is 0.571. The van der Waals surface area contributed by atoms with Crippen molar-refractivity contribution >= 4 is 23.2 Å². The second kappa shape index (κ2) is 6.63. The van der Waals surface area contributed by atoms with Crippen LogP contribution in [-0.4, -0.2) is 29.9 Å². The van der Waals surface area contributed by atoms with Crippen molar-refractivity contribution in [1.29, 1.82) is 0 Å². The lowest BCUT2D eigenvalue weighted by Gasteiger charge is -2.29. The number of benzene rings is 1. The standard InChI is InChI=1S/C14H19Cl2N/c15-13(11-17-9-5-2-6-10-17)14(16)12-7-3-1-4-8-12/h1,3-4,7-8,13-14H,2,5-6,9-11H2/t13-,14+/m1/s1. The maximum absolute atomic E-state index is 6.43. The molecule has 0 amide bonds. The Morgan fingerprint density at radius 3 is 2.29 bits per heavy atom. The summed E-state index contributed by atoms with van der Waals surface area (Å²) in [5.41, 5.74) is 1.12. The Morgan fingerprint density at radius 1 is 1.00 bits per heavy atom. The molecule has 2 rings (SSSR count). The summed E-state index contributed by atoms with van der Waals surface area (Å²) in [5.74, 6) is 0. The lowest BCUT2D eigenvalue weighted by molar-refractivity contribution is 0.227. The van der Waals surface area contributed by atoms with E-state index in [1.165, 1.54) is 32.4 Å². The van der Waals surface area contributed by atoms with Crippen molar-refractivity contribution in [2.45, 2.75) is 30.0 Å². The molecule has 0 N–H and O–H groups in total. The van der Waals surface area contributed by atoms with Crippen LogP contribution in [0.3, 0.4) is 0 Å². The minimum Gasteiger partial charge on any atom is -0.302 e. The van der Waals surface area contributed by atoms with Gasteiger partial charge in [-0.3, -0.25) is 0 Å². The lowest BCUT2D eigenvalue weighted by atomic mass is 10.1. The van der Waals surface area contributed by atoms with Crippen LogP contribution in [-0.2, 0) is 0 Å². The Bertz CT molecular complexity index is 322. The Labute approximate surface area is 114 Å². The number of hydrogen-bond acceptors (Lipinski definition) is 1. The molecule has 0 aliphatic carbocycles. The summed E-state index contributed by atoms with van der Waals surface area (Å²) in [7, 11) is 0. The number of likely N-dealkylation sites (tertiary alicyclic amines) is 1. The first-order chi connectivity index (χ1) is 8.27. The SMILES string of the molecule is Cl[C@H](CN1CCCCC1)[C@@H](Cl)c1ccccc1. The van der Waals surface area contributed by atoms with E-state index in [0.717, 1.165) is 12.1 Å². The normalized spacial score (nSPS) is 21.1. The highest BCUT2D eigenvalue weighted by molar-refractivity contribution is 6.30. The molecule has 1 aromatic rings. The molecule has 0 radical (unpaired) electrons. The fourth-order valence-corrected chi connectivity index (χ4v) is 2.89. The second-order valence-corrected chi connectivity index (χ2v) is 5.72. The third-order valence-electron chi connectivity index (χ3n) is 3.32. The van der Waals surface area contributed by atoms with Crippen molar-refractivity contribution in [1.82, 2.24) is 4.90 Å². The van der Waals surface area contributed by atoms with Gasteiger partial charge in [0.15, 0.2) is 0 Å². The van der Waals surface area contributed by atoms with E-state index < -0.39 is 0 Å². The Balaban J connectivity index is 1.88. The molecule has 0 bridgehead atoms. The van der Waals surface area contributed by atoms with Crippen LogP contribution in [0.15, 0.2) is 30.3 Å². The molecule has 1 heterocycles. The summed E-state index contributed by atoms with van der Waals surface area (Å²) in [6.45, 7) is 3.23. The molecule has 0 unspecified atom stereocenters. The summed E-state index contributed by atoms with van der Waals surface area (Å²) < 4.78 is 0. The van der Waals surface area contributed by atoms with Gasteiger partial charge in [-0.05, 0) is 31.5 Å². The molecule has 1 aliphatic rings. The molecule has 2 atom stereocenters. The molecular weight excluding hydrogens is 253 g/mol. The Hall–Kier alpha value is -0.240. The molecule has 1 fully saturated rings. The van der Waals surface area contributed by atoms with Crippen molar-refractivity contribution in [2.24, 2.45) is 0 Å². The molecule has 1 saturated heterocycles. The molecular formula is C14H19Cl2N. The zero-order chi connectivity index (χ0) is 12.1. The van der Waals surface area contributed by atoms with Crippen LogP contribution in [0, 0.1) is 0 Å². The van der Waals surface area contributed by atoms with E-state index >= 15 is 0 Å². The van der Waals surface area contributed by atoms with Gasteiger partial charge < -0.3 is 4.90 Å². The maximum Gasteiger partial charge on any atom is 0.0761 e. The van der Waals surface area contributed by atoms with Gasteiger partial charge in [0.1, 0.15) is 0 Å². The van der Waals surface area contributed by atoms with E-state index in [-0.39, 0.29) is 10.8 Å². The fourth-order valence-electron chi connectivity index (χ4n) is 2.33. The van der Waals surface area contributed by atoms with Crippen molar-refractivity contribution in [3.63, 3.8) is 0 Å². The molecule has 1 aromatic carbocycles. The van der Waals surface area contributed by atoms with Gasteiger partial charge in [0.25, 0.3) is 0 Å².